The van der Waals surface area contributed by atoms with Crippen LogP contribution < -0.4 is 11.1 Å². The van der Waals surface area contributed by atoms with Crippen LogP contribution in [0, 0.1) is 0 Å². The molecular formula is C14H15N3O. The van der Waals surface area contributed by atoms with Gasteiger partial charge in [0.25, 0.3) is 5.91 Å². The predicted molar refractivity (Wildman–Crippen MR) is 71.4 cm³/mol. The summed E-state index contributed by atoms with van der Waals surface area (Å²) in [6.07, 6.45) is 2.51. The molecule has 92 valence electrons. The highest BCUT2D eigenvalue weighted by Gasteiger charge is 2.07. The molecule has 3 N–H and O–H groups in total. The summed E-state index contributed by atoms with van der Waals surface area (Å²) in [7, 11) is 0. The van der Waals surface area contributed by atoms with Crippen molar-refractivity contribution < 1.29 is 4.79 Å². The number of nitrogens with one attached hydrogen (secondary N) is 1. The first-order valence-electron chi connectivity index (χ1n) is 5.80. The van der Waals surface area contributed by atoms with Crippen molar-refractivity contribution in [1.29, 1.82) is 0 Å². The lowest BCUT2D eigenvalue weighted by atomic mass is 10.1. The summed E-state index contributed by atoms with van der Waals surface area (Å²) in [5, 5.41) is 3.13. The van der Waals surface area contributed by atoms with E-state index in [4.69, 9.17) is 5.73 Å². The van der Waals surface area contributed by atoms with Crippen molar-refractivity contribution in [2.75, 3.05) is 11.9 Å². The number of pyridine rings is 1. The normalized spacial score (nSPS) is 10.0. The lowest BCUT2D eigenvalue weighted by molar-refractivity contribution is 0.100. The SMILES string of the molecule is NC(=O)c1cccnc1NCCc1ccccc1. The molecule has 18 heavy (non-hydrogen) atoms. The second-order valence-electron chi connectivity index (χ2n) is 3.93. The van der Waals surface area contributed by atoms with Crippen LogP contribution in [0.5, 0.6) is 0 Å². The van der Waals surface area contributed by atoms with E-state index in [1.165, 1.54) is 5.56 Å². The van der Waals surface area contributed by atoms with Gasteiger partial charge in [0, 0.05) is 12.7 Å². The third kappa shape index (κ3) is 3.07. The zero-order valence-corrected chi connectivity index (χ0v) is 9.97. The number of aromatic nitrogens is 1. The van der Waals surface area contributed by atoms with E-state index in [1.807, 2.05) is 18.2 Å². The van der Waals surface area contributed by atoms with E-state index in [9.17, 15) is 4.79 Å². The van der Waals surface area contributed by atoms with Crippen LogP contribution in [0.25, 0.3) is 0 Å². The minimum absolute atomic E-state index is 0.422. The van der Waals surface area contributed by atoms with Crippen LogP contribution in [0.2, 0.25) is 0 Å². The standard InChI is InChI=1S/C14H15N3O/c15-13(18)12-7-4-9-16-14(12)17-10-8-11-5-2-1-3-6-11/h1-7,9H,8,10H2,(H2,15,18)(H,16,17). The van der Waals surface area contributed by atoms with E-state index in [2.05, 4.69) is 22.4 Å². The van der Waals surface area contributed by atoms with Crippen LogP contribution in [0.1, 0.15) is 15.9 Å². The van der Waals surface area contributed by atoms with Gasteiger partial charge in [-0.25, -0.2) is 4.98 Å². The summed E-state index contributed by atoms with van der Waals surface area (Å²) in [5.41, 5.74) is 6.94. The number of hydrogen-bond acceptors (Lipinski definition) is 3. The number of nitrogens with zero attached hydrogens (tertiary/aromatic N) is 1. The summed E-state index contributed by atoms with van der Waals surface area (Å²) >= 11 is 0. The fraction of sp³-hybridized carbons (Fsp3) is 0.143. The average molecular weight is 241 g/mol. The van der Waals surface area contributed by atoms with Crippen LogP contribution in [-0.2, 0) is 6.42 Å². The lowest BCUT2D eigenvalue weighted by Gasteiger charge is -2.08. The number of primary amides is 1. The number of nitrogens with two attached hydrogens (primary N) is 1. The van der Waals surface area contributed by atoms with Crippen LogP contribution in [-0.4, -0.2) is 17.4 Å². The second-order valence-corrected chi connectivity index (χ2v) is 3.93. The Bertz CT molecular complexity index is 526. The third-order valence-electron chi connectivity index (χ3n) is 2.62. The van der Waals surface area contributed by atoms with Gasteiger partial charge in [0.15, 0.2) is 0 Å². The highest BCUT2D eigenvalue weighted by molar-refractivity contribution is 5.97. The number of carbonyl (C=O) groups is 1. The van der Waals surface area contributed by atoms with Crippen molar-refractivity contribution in [1.82, 2.24) is 4.98 Å². The molecule has 0 saturated carbocycles. The molecule has 2 rings (SSSR count). The third-order valence-corrected chi connectivity index (χ3v) is 2.62. The molecule has 0 bridgehead atoms. The van der Waals surface area contributed by atoms with Crippen LogP contribution >= 0.6 is 0 Å². The van der Waals surface area contributed by atoms with Crippen molar-refractivity contribution in [3.05, 3.63) is 59.8 Å². The molecule has 0 atom stereocenters. The summed E-state index contributed by atoms with van der Waals surface area (Å²) in [4.78, 5) is 15.3. The van der Waals surface area contributed by atoms with Crippen molar-refractivity contribution in [3.63, 3.8) is 0 Å². The first kappa shape index (κ1) is 12.1. The molecule has 1 aromatic carbocycles. The molecule has 0 aliphatic rings. The molecule has 2 aromatic rings. The molecule has 4 heteroatoms. The zero-order chi connectivity index (χ0) is 12.8. The maximum Gasteiger partial charge on any atom is 0.252 e. The van der Waals surface area contributed by atoms with Gasteiger partial charge in [0.2, 0.25) is 0 Å². The van der Waals surface area contributed by atoms with Crippen molar-refractivity contribution in [3.8, 4) is 0 Å². The topological polar surface area (TPSA) is 68.0 Å². The van der Waals surface area contributed by atoms with Crippen LogP contribution in [0.4, 0.5) is 5.82 Å². The zero-order valence-electron chi connectivity index (χ0n) is 9.97. The molecule has 1 heterocycles. The Hall–Kier alpha value is -2.36. The monoisotopic (exact) mass is 241 g/mol. The minimum Gasteiger partial charge on any atom is -0.369 e. The minimum atomic E-state index is -0.467. The van der Waals surface area contributed by atoms with Gasteiger partial charge in [-0.05, 0) is 24.1 Å². The number of carbonyl (C=O) groups excluding carboxylic acids is 1. The largest absolute Gasteiger partial charge is 0.369 e. The number of rotatable bonds is 5. The Labute approximate surface area is 106 Å². The average Bonchev–Trinajstić information content (AvgIpc) is 2.40. The Morgan fingerprint density at radius 3 is 2.67 bits per heavy atom. The molecular weight excluding hydrogens is 226 g/mol. The second kappa shape index (κ2) is 5.82. The maximum atomic E-state index is 11.2. The fourth-order valence-electron chi connectivity index (χ4n) is 1.71. The quantitative estimate of drug-likeness (QED) is 0.839. The first-order chi connectivity index (χ1) is 8.77. The molecule has 0 saturated heterocycles. The molecule has 4 nitrogen and oxygen atoms in total. The smallest absolute Gasteiger partial charge is 0.252 e. The molecule has 0 spiro atoms. The number of anilines is 1. The Morgan fingerprint density at radius 2 is 1.94 bits per heavy atom. The Morgan fingerprint density at radius 1 is 1.17 bits per heavy atom. The molecule has 0 unspecified atom stereocenters. The van der Waals surface area contributed by atoms with E-state index in [0.717, 1.165) is 6.42 Å². The van der Waals surface area contributed by atoms with E-state index in [0.29, 0.717) is 17.9 Å². The highest BCUT2D eigenvalue weighted by atomic mass is 16.1. The van der Waals surface area contributed by atoms with Crippen LogP contribution in [0.15, 0.2) is 48.7 Å². The summed E-state index contributed by atoms with van der Waals surface area (Å²) in [5.74, 6) is 0.0752. The summed E-state index contributed by atoms with van der Waals surface area (Å²) in [6.45, 7) is 0.710. The van der Waals surface area contributed by atoms with Gasteiger partial charge in [-0.1, -0.05) is 30.3 Å². The van der Waals surface area contributed by atoms with E-state index in [1.54, 1.807) is 18.3 Å². The van der Waals surface area contributed by atoms with Crippen LogP contribution in [0.3, 0.4) is 0 Å². The van der Waals surface area contributed by atoms with Gasteiger partial charge in [0.05, 0.1) is 5.56 Å². The Balaban J connectivity index is 1.97. The first-order valence-corrected chi connectivity index (χ1v) is 5.80. The number of benzene rings is 1. The summed E-state index contributed by atoms with van der Waals surface area (Å²) in [6, 6.07) is 13.5. The highest BCUT2D eigenvalue weighted by Crippen LogP contribution is 2.10. The van der Waals surface area contributed by atoms with Crippen molar-refractivity contribution >= 4 is 11.7 Å². The number of amides is 1. The summed E-state index contributed by atoms with van der Waals surface area (Å²) < 4.78 is 0. The van der Waals surface area contributed by atoms with Gasteiger partial charge in [-0.2, -0.15) is 0 Å². The van der Waals surface area contributed by atoms with Gasteiger partial charge in [-0.15, -0.1) is 0 Å². The lowest BCUT2D eigenvalue weighted by Crippen LogP contribution is -2.16. The van der Waals surface area contributed by atoms with E-state index < -0.39 is 5.91 Å². The molecule has 1 amide bonds. The molecule has 0 fully saturated rings. The van der Waals surface area contributed by atoms with Gasteiger partial charge < -0.3 is 11.1 Å². The van der Waals surface area contributed by atoms with Crippen molar-refractivity contribution in [2.24, 2.45) is 5.73 Å². The van der Waals surface area contributed by atoms with Gasteiger partial charge >= 0.3 is 0 Å². The fourth-order valence-corrected chi connectivity index (χ4v) is 1.71. The van der Waals surface area contributed by atoms with E-state index in [-0.39, 0.29) is 0 Å². The van der Waals surface area contributed by atoms with Gasteiger partial charge in [-0.3, -0.25) is 4.79 Å². The maximum absolute atomic E-state index is 11.2. The number of hydrogen-bond donors (Lipinski definition) is 2. The van der Waals surface area contributed by atoms with Gasteiger partial charge in [0.1, 0.15) is 5.82 Å². The molecule has 0 radical (unpaired) electrons. The molecule has 1 aromatic heterocycles. The molecule has 0 aliphatic carbocycles. The van der Waals surface area contributed by atoms with E-state index >= 15 is 0 Å². The Kier molecular flexibility index (Phi) is 3.91. The van der Waals surface area contributed by atoms with Crippen molar-refractivity contribution in [2.45, 2.75) is 6.42 Å². The molecule has 0 aliphatic heterocycles. The predicted octanol–water partition coefficient (Wildman–Crippen LogP) is 1.84.